The fourth-order valence-corrected chi connectivity index (χ4v) is 2.70. The van der Waals surface area contributed by atoms with Gasteiger partial charge in [0.1, 0.15) is 5.82 Å². The van der Waals surface area contributed by atoms with Crippen molar-refractivity contribution in [1.29, 1.82) is 0 Å². The van der Waals surface area contributed by atoms with Crippen LogP contribution in [0.5, 0.6) is 0 Å². The molecule has 116 valence electrons. The van der Waals surface area contributed by atoms with Crippen molar-refractivity contribution in [3.05, 3.63) is 29.0 Å². The second kappa shape index (κ2) is 6.73. The molecule has 1 heterocycles. The van der Waals surface area contributed by atoms with Crippen LogP contribution in [0.4, 0.5) is 10.1 Å². The summed E-state index contributed by atoms with van der Waals surface area (Å²) < 4.78 is 18.8. The van der Waals surface area contributed by atoms with Crippen molar-refractivity contribution in [2.24, 2.45) is 0 Å². The minimum Gasteiger partial charge on any atom is -0.373 e. The smallest absolute Gasteiger partial charge is 0.241 e. The van der Waals surface area contributed by atoms with Gasteiger partial charge in [-0.2, -0.15) is 0 Å². The maximum absolute atomic E-state index is 13.1. The molecule has 21 heavy (non-hydrogen) atoms. The maximum Gasteiger partial charge on any atom is 0.241 e. The highest BCUT2D eigenvalue weighted by Crippen LogP contribution is 2.20. The van der Waals surface area contributed by atoms with Crippen LogP contribution in [0.15, 0.2) is 18.2 Å². The minimum atomic E-state index is -0.501. The Balaban J connectivity index is 2.00. The zero-order chi connectivity index (χ0) is 15.6. The van der Waals surface area contributed by atoms with Crippen molar-refractivity contribution < 1.29 is 13.9 Å². The van der Waals surface area contributed by atoms with E-state index in [1.165, 1.54) is 18.2 Å². The average Bonchev–Trinajstić information content (AvgIpc) is 2.41. The molecule has 0 saturated carbocycles. The SMILES string of the molecule is CC1CN(C(C)C(=O)Nc2ccc(F)c(Cl)c2)CC(C)O1. The topological polar surface area (TPSA) is 41.6 Å². The number of morpholine rings is 1. The Labute approximate surface area is 129 Å². The summed E-state index contributed by atoms with van der Waals surface area (Å²) in [6.45, 7) is 7.26. The lowest BCUT2D eigenvalue weighted by molar-refractivity contribution is -0.126. The number of carbonyl (C=O) groups is 1. The molecular weight excluding hydrogens is 295 g/mol. The zero-order valence-corrected chi connectivity index (χ0v) is 13.2. The summed E-state index contributed by atoms with van der Waals surface area (Å²) in [6, 6.07) is 3.85. The molecule has 0 spiro atoms. The molecule has 1 aromatic rings. The van der Waals surface area contributed by atoms with Gasteiger partial charge in [-0.15, -0.1) is 0 Å². The number of benzene rings is 1. The highest BCUT2D eigenvalue weighted by Gasteiger charge is 2.29. The van der Waals surface area contributed by atoms with E-state index in [4.69, 9.17) is 16.3 Å². The molecule has 1 N–H and O–H groups in total. The molecule has 3 unspecified atom stereocenters. The summed E-state index contributed by atoms with van der Waals surface area (Å²) >= 11 is 5.71. The minimum absolute atomic E-state index is 0.00549. The van der Waals surface area contributed by atoms with Gasteiger partial charge in [0.25, 0.3) is 0 Å². The van der Waals surface area contributed by atoms with E-state index in [0.717, 1.165) is 0 Å². The van der Waals surface area contributed by atoms with Crippen LogP contribution in [0.2, 0.25) is 5.02 Å². The Morgan fingerprint density at radius 2 is 2.05 bits per heavy atom. The number of hydrogen-bond donors (Lipinski definition) is 1. The third-order valence-corrected chi connectivity index (χ3v) is 3.85. The highest BCUT2D eigenvalue weighted by atomic mass is 35.5. The Kier molecular flexibility index (Phi) is 5.19. The van der Waals surface area contributed by atoms with Gasteiger partial charge in [0.15, 0.2) is 0 Å². The molecule has 0 aliphatic carbocycles. The standard InChI is InChI=1S/C15H20ClFN2O2/c1-9-7-19(8-10(2)21-9)11(3)15(20)18-12-4-5-14(17)13(16)6-12/h4-6,9-11H,7-8H2,1-3H3,(H,18,20). The highest BCUT2D eigenvalue weighted by molar-refractivity contribution is 6.31. The van der Waals surface area contributed by atoms with E-state index < -0.39 is 5.82 Å². The van der Waals surface area contributed by atoms with Crippen LogP contribution in [-0.2, 0) is 9.53 Å². The largest absolute Gasteiger partial charge is 0.373 e. The lowest BCUT2D eigenvalue weighted by atomic mass is 10.1. The Morgan fingerprint density at radius 1 is 1.43 bits per heavy atom. The fourth-order valence-electron chi connectivity index (χ4n) is 2.52. The number of nitrogens with one attached hydrogen (secondary N) is 1. The second-order valence-electron chi connectivity index (χ2n) is 5.51. The van der Waals surface area contributed by atoms with E-state index in [0.29, 0.717) is 18.8 Å². The number of nitrogens with zero attached hydrogens (tertiary/aromatic N) is 1. The monoisotopic (exact) mass is 314 g/mol. The van der Waals surface area contributed by atoms with Gasteiger partial charge in [0.2, 0.25) is 5.91 Å². The number of ether oxygens (including phenoxy) is 1. The number of carbonyl (C=O) groups excluding carboxylic acids is 1. The van der Waals surface area contributed by atoms with Crippen LogP contribution in [0.25, 0.3) is 0 Å². The van der Waals surface area contributed by atoms with Crippen molar-refractivity contribution in [1.82, 2.24) is 4.90 Å². The van der Waals surface area contributed by atoms with Crippen molar-refractivity contribution in [2.45, 2.75) is 39.0 Å². The molecule has 1 saturated heterocycles. The molecule has 3 atom stereocenters. The lowest BCUT2D eigenvalue weighted by Crippen LogP contribution is -2.52. The second-order valence-corrected chi connectivity index (χ2v) is 5.91. The first-order valence-corrected chi connectivity index (χ1v) is 7.40. The van der Waals surface area contributed by atoms with Gasteiger partial charge >= 0.3 is 0 Å². The summed E-state index contributed by atoms with van der Waals surface area (Å²) in [5, 5.41) is 2.76. The van der Waals surface area contributed by atoms with Crippen molar-refractivity contribution >= 4 is 23.2 Å². The van der Waals surface area contributed by atoms with Gasteiger partial charge in [-0.3, -0.25) is 9.69 Å². The molecule has 6 heteroatoms. The van der Waals surface area contributed by atoms with Crippen LogP contribution in [-0.4, -0.2) is 42.1 Å². The quantitative estimate of drug-likeness (QED) is 0.932. The third kappa shape index (κ3) is 4.15. The number of amides is 1. The Hall–Kier alpha value is -1.17. The van der Waals surface area contributed by atoms with Gasteiger partial charge < -0.3 is 10.1 Å². The first-order chi connectivity index (χ1) is 9.86. The number of halogens is 2. The molecule has 4 nitrogen and oxygen atoms in total. The lowest BCUT2D eigenvalue weighted by Gasteiger charge is -2.38. The molecule has 1 aliphatic rings. The normalized spacial score (nSPS) is 24.6. The van der Waals surface area contributed by atoms with E-state index in [-0.39, 0.29) is 29.2 Å². The van der Waals surface area contributed by atoms with Gasteiger partial charge in [-0.25, -0.2) is 4.39 Å². The zero-order valence-electron chi connectivity index (χ0n) is 12.4. The summed E-state index contributed by atoms with van der Waals surface area (Å²) in [6.07, 6.45) is 0.202. The summed E-state index contributed by atoms with van der Waals surface area (Å²) in [4.78, 5) is 14.4. The van der Waals surface area contributed by atoms with Gasteiger partial charge in [0, 0.05) is 18.8 Å². The molecule has 1 aliphatic heterocycles. The van der Waals surface area contributed by atoms with E-state index in [2.05, 4.69) is 10.2 Å². The van der Waals surface area contributed by atoms with Crippen molar-refractivity contribution in [3.63, 3.8) is 0 Å². The molecule has 1 fully saturated rings. The predicted octanol–water partition coefficient (Wildman–Crippen LogP) is 2.92. The van der Waals surface area contributed by atoms with E-state index in [1.54, 1.807) is 0 Å². The van der Waals surface area contributed by atoms with Crippen molar-refractivity contribution in [3.8, 4) is 0 Å². The first kappa shape index (κ1) is 16.2. The number of rotatable bonds is 3. The van der Waals surface area contributed by atoms with Crippen LogP contribution in [0.1, 0.15) is 20.8 Å². The molecular formula is C15H20ClFN2O2. The van der Waals surface area contributed by atoms with Crippen LogP contribution >= 0.6 is 11.6 Å². The van der Waals surface area contributed by atoms with Gasteiger partial charge in [-0.1, -0.05) is 11.6 Å². The van der Waals surface area contributed by atoms with E-state index in [9.17, 15) is 9.18 Å². The van der Waals surface area contributed by atoms with E-state index >= 15 is 0 Å². The summed E-state index contributed by atoms with van der Waals surface area (Å²) in [5.41, 5.74) is 0.493. The molecule has 0 aromatic heterocycles. The van der Waals surface area contributed by atoms with Gasteiger partial charge in [-0.05, 0) is 39.0 Å². The van der Waals surface area contributed by atoms with Crippen LogP contribution in [0.3, 0.4) is 0 Å². The Bertz CT molecular complexity index is 516. The fraction of sp³-hybridized carbons (Fsp3) is 0.533. The molecule has 0 radical (unpaired) electrons. The van der Waals surface area contributed by atoms with Crippen molar-refractivity contribution in [2.75, 3.05) is 18.4 Å². The number of hydrogen-bond acceptors (Lipinski definition) is 3. The summed E-state index contributed by atoms with van der Waals surface area (Å²) in [7, 11) is 0. The van der Waals surface area contributed by atoms with E-state index in [1.807, 2.05) is 20.8 Å². The maximum atomic E-state index is 13.1. The number of anilines is 1. The molecule has 1 amide bonds. The molecule has 1 aromatic carbocycles. The molecule has 0 bridgehead atoms. The predicted molar refractivity (Wildman–Crippen MR) is 81.1 cm³/mol. The Morgan fingerprint density at radius 3 is 2.62 bits per heavy atom. The first-order valence-electron chi connectivity index (χ1n) is 7.02. The third-order valence-electron chi connectivity index (χ3n) is 3.56. The molecule has 2 rings (SSSR count). The van der Waals surface area contributed by atoms with Gasteiger partial charge in [0.05, 0.1) is 23.3 Å². The average molecular weight is 315 g/mol. The summed E-state index contributed by atoms with van der Waals surface area (Å²) in [5.74, 6) is -0.641. The van der Waals surface area contributed by atoms with Crippen LogP contribution in [0, 0.1) is 5.82 Å². The van der Waals surface area contributed by atoms with Crippen LogP contribution < -0.4 is 5.32 Å².